The lowest BCUT2D eigenvalue weighted by atomic mass is 10.2. The molecule has 0 heterocycles. The molecule has 1 unspecified atom stereocenters. The summed E-state index contributed by atoms with van der Waals surface area (Å²) in [5, 5.41) is 13.5. The number of hydrogen-bond acceptors (Lipinski definition) is 4. The molecule has 0 saturated carbocycles. The summed E-state index contributed by atoms with van der Waals surface area (Å²) in [6, 6.07) is 9.25. The van der Waals surface area contributed by atoms with E-state index in [1.165, 1.54) is 0 Å². The summed E-state index contributed by atoms with van der Waals surface area (Å²) in [5.41, 5.74) is 1.93. The maximum absolute atomic E-state index is 9.31. The van der Waals surface area contributed by atoms with Crippen molar-refractivity contribution in [3.05, 3.63) is 56.0 Å². The molecule has 25 heavy (non-hydrogen) atoms. The Bertz CT molecular complexity index is 726. The number of hydrogen-bond donors (Lipinski definition) is 2. The molecule has 0 bridgehead atoms. The first-order valence-electron chi connectivity index (χ1n) is 7.72. The van der Waals surface area contributed by atoms with Gasteiger partial charge in [-0.3, -0.25) is 0 Å². The van der Waals surface area contributed by atoms with Crippen molar-refractivity contribution in [3.63, 3.8) is 0 Å². The molecule has 0 amide bonds. The zero-order valence-electron chi connectivity index (χ0n) is 14.0. The Morgan fingerprint density at radius 1 is 1.16 bits per heavy atom. The van der Waals surface area contributed by atoms with Crippen molar-refractivity contribution in [2.75, 3.05) is 13.7 Å². The van der Waals surface area contributed by atoms with Gasteiger partial charge < -0.3 is 19.9 Å². The molecule has 7 heteroatoms. The van der Waals surface area contributed by atoms with Crippen molar-refractivity contribution >= 4 is 39.1 Å². The van der Waals surface area contributed by atoms with Crippen LogP contribution in [0.1, 0.15) is 18.1 Å². The number of benzene rings is 2. The van der Waals surface area contributed by atoms with Crippen LogP contribution in [-0.4, -0.2) is 24.9 Å². The summed E-state index contributed by atoms with van der Waals surface area (Å²) < 4.78 is 12.1. The predicted octanol–water partition coefficient (Wildman–Crippen LogP) is 4.81. The van der Waals surface area contributed by atoms with Crippen LogP contribution in [0.4, 0.5) is 0 Å². The molecule has 0 aromatic heterocycles. The van der Waals surface area contributed by atoms with Crippen LogP contribution >= 0.6 is 39.1 Å². The van der Waals surface area contributed by atoms with Crippen LogP contribution in [-0.2, 0) is 13.2 Å². The van der Waals surface area contributed by atoms with E-state index in [1.54, 1.807) is 26.2 Å². The van der Waals surface area contributed by atoms with Crippen LogP contribution in [0.25, 0.3) is 0 Å². The molecule has 0 aliphatic rings. The van der Waals surface area contributed by atoms with Gasteiger partial charge in [-0.15, -0.1) is 0 Å². The second-order valence-electron chi connectivity index (χ2n) is 5.63. The van der Waals surface area contributed by atoms with Gasteiger partial charge in [0.25, 0.3) is 0 Å². The van der Waals surface area contributed by atoms with Crippen molar-refractivity contribution < 1.29 is 14.6 Å². The summed E-state index contributed by atoms with van der Waals surface area (Å²) >= 11 is 15.5. The van der Waals surface area contributed by atoms with Crippen LogP contribution in [0.5, 0.6) is 11.5 Å². The van der Waals surface area contributed by atoms with Gasteiger partial charge in [0, 0.05) is 13.1 Å². The lowest BCUT2D eigenvalue weighted by molar-refractivity contribution is 0.191. The molecule has 1 atom stereocenters. The smallest absolute Gasteiger partial charge is 0.175 e. The molecule has 4 nitrogen and oxygen atoms in total. The number of methoxy groups -OCH3 is 1. The number of aliphatic hydroxyl groups is 1. The van der Waals surface area contributed by atoms with Crippen molar-refractivity contribution in [1.29, 1.82) is 0 Å². The van der Waals surface area contributed by atoms with E-state index in [0.29, 0.717) is 41.2 Å². The van der Waals surface area contributed by atoms with Gasteiger partial charge in [-0.1, -0.05) is 29.3 Å². The summed E-state index contributed by atoms with van der Waals surface area (Å²) in [6.07, 6.45) is -0.390. The second-order valence-corrected chi connectivity index (χ2v) is 7.29. The minimum atomic E-state index is -0.390. The highest BCUT2D eigenvalue weighted by molar-refractivity contribution is 9.10. The van der Waals surface area contributed by atoms with E-state index in [-0.39, 0.29) is 6.10 Å². The van der Waals surface area contributed by atoms with Gasteiger partial charge in [-0.05, 0) is 58.2 Å². The molecular weight excluding hydrogens is 429 g/mol. The molecule has 0 aliphatic carbocycles. The van der Waals surface area contributed by atoms with Gasteiger partial charge in [-0.25, -0.2) is 0 Å². The molecule has 0 aliphatic heterocycles. The maximum Gasteiger partial charge on any atom is 0.175 e. The average Bonchev–Trinajstić information content (AvgIpc) is 2.56. The monoisotopic (exact) mass is 447 g/mol. The molecule has 2 aromatic carbocycles. The van der Waals surface area contributed by atoms with Crippen LogP contribution in [0.3, 0.4) is 0 Å². The Morgan fingerprint density at radius 3 is 2.56 bits per heavy atom. The van der Waals surface area contributed by atoms with Crippen molar-refractivity contribution in [2.45, 2.75) is 26.2 Å². The second kappa shape index (κ2) is 9.64. The third-order valence-electron chi connectivity index (χ3n) is 3.43. The topological polar surface area (TPSA) is 50.7 Å². The minimum absolute atomic E-state index is 0.339. The van der Waals surface area contributed by atoms with E-state index in [9.17, 15) is 5.11 Å². The summed E-state index contributed by atoms with van der Waals surface area (Å²) in [7, 11) is 1.60. The SMILES string of the molecule is COc1cc(CNCC(C)O)cc(Br)c1OCc1ccc(Cl)c(Cl)c1. The number of nitrogens with one attached hydrogen (secondary N) is 1. The molecule has 2 aromatic rings. The fourth-order valence-electron chi connectivity index (χ4n) is 2.23. The van der Waals surface area contributed by atoms with Crippen molar-refractivity contribution in [2.24, 2.45) is 0 Å². The first-order valence-corrected chi connectivity index (χ1v) is 9.27. The van der Waals surface area contributed by atoms with Gasteiger partial charge >= 0.3 is 0 Å². The minimum Gasteiger partial charge on any atom is -0.493 e. The van der Waals surface area contributed by atoms with Gasteiger partial charge in [-0.2, -0.15) is 0 Å². The highest BCUT2D eigenvalue weighted by Crippen LogP contribution is 2.37. The third kappa shape index (κ3) is 6.04. The van der Waals surface area contributed by atoms with Crippen molar-refractivity contribution in [3.8, 4) is 11.5 Å². The quantitative estimate of drug-likeness (QED) is 0.608. The Hall–Kier alpha value is -0.980. The molecule has 0 radical (unpaired) electrons. The van der Waals surface area contributed by atoms with Crippen LogP contribution in [0.2, 0.25) is 10.0 Å². The van der Waals surface area contributed by atoms with E-state index in [1.807, 2.05) is 18.2 Å². The van der Waals surface area contributed by atoms with Crippen LogP contribution in [0.15, 0.2) is 34.8 Å². The fourth-order valence-corrected chi connectivity index (χ4v) is 3.15. The van der Waals surface area contributed by atoms with E-state index in [4.69, 9.17) is 32.7 Å². The Morgan fingerprint density at radius 2 is 1.92 bits per heavy atom. The number of aliphatic hydroxyl groups excluding tert-OH is 1. The first-order chi connectivity index (χ1) is 11.9. The van der Waals surface area contributed by atoms with Gasteiger partial charge in [0.15, 0.2) is 11.5 Å². The zero-order valence-corrected chi connectivity index (χ0v) is 17.1. The third-order valence-corrected chi connectivity index (χ3v) is 4.75. The number of ether oxygens (including phenoxy) is 2. The van der Waals surface area contributed by atoms with E-state index >= 15 is 0 Å². The molecule has 136 valence electrons. The van der Waals surface area contributed by atoms with Crippen molar-refractivity contribution in [1.82, 2.24) is 5.32 Å². The highest BCUT2D eigenvalue weighted by Gasteiger charge is 2.12. The molecule has 2 rings (SSSR count). The van der Waals surface area contributed by atoms with E-state index in [0.717, 1.165) is 15.6 Å². The summed E-state index contributed by atoms with van der Waals surface area (Å²) in [5.74, 6) is 1.25. The summed E-state index contributed by atoms with van der Waals surface area (Å²) in [4.78, 5) is 0. The average molecular weight is 449 g/mol. The fraction of sp³-hybridized carbons (Fsp3) is 0.333. The lowest BCUT2D eigenvalue weighted by Crippen LogP contribution is -2.23. The van der Waals surface area contributed by atoms with E-state index in [2.05, 4.69) is 21.2 Å². The van der Waals surface area contributed by atoms with Gasteiger partial charge in [0.05, 0.1) is 27.7 Å². The Kier molecular flexibility index (Phi) is 7.84. The highest BCUT2D eigenvalue weighted by atomic mass is 79.9. The maximum atomic E-state index is 9.31. The molecule has 0 saturated heterocycles. The molecule has 2 N–H and O–H groups in total. The zero-order chi connectivity index (χ0) is 18.4. The standard InChI is InChI=1S/C18H20BrCl2NO3/c1-11(23)8-22-9-13-5-14(19)18(17(7-13)24-2)25-10-12-3-4-15(20)16(21)6-12/h3-7,11,22-23H,8-10H2,1-2H3. The molecular formula is C18H20BrCl2NO3. The predicted molar refractivity (Wildman–Crippen MR) is 105 cm³/mol. The largest absolute Gasteiger partial charge is 0.493 e. The molecule has 0 fully saturated rings. The first kappa shape index (κ1) is 20.3. The molecule has 0 spiro atoms. The van der Waals surface area contributed by atoms with Gasteiger partial charge in [0.1, 0.15) is 6.61 Å². The number of halogens is 3. The lowest BCUT2D eigenvalue weighted by Gasteiger charge is -2.15. The van der Waals surface area contributed by atoms with Crippen LogP contribution < -0.4 is 14.8 Å². The number of rotatable bonds is 8. The van der Waals surface area contributed by atoms with Crippen LogP contribution in [0, 0.1) is 0 Å². The Labute approximate surface area is 166 Å². The normalized spacial score (nSPS) is 12.1. The van der Waals surface area contributed by atoms with Gasteiger partial charge in [0.2, 0.25) is 0 Å². The van der Waals surface area contributed by atoms with E-state index < -0.39 is 0 Å². The Balaban J connectivity index is 2.10. The summed E-state index contributed by atoms with van der Waals surface area (Å²) in [6.45, 7) is 3.22.